The highest BCUT2D eigenvalue weighted by molar-refractivity contribution is 7.98. The lowest BCUT2D eigenvalue weighted by Gasteiger charge is -2.08. The summed E-state index contributed by atoms with van der Waals surface area (Å²) in [6, 6.07) is 5.61. The van der Waals surface area contributed by atoms with Crippen molar-refractivity contribution in [2.75, 3.05) is 12.8 Å². The Bertz CT molecular complexity index is 556. The van der Waals surface area contributed by atoms with E-state index in [2.05, 4.69) is 4.98 Å². The van der Waals surface area contributed by atoms with Crippen LogP contribution in [0.2, 0.25) is 5.15 Å². The summed E-state index contributed by atoms with van der Waals surface area (Å²) in [4.78, 5) is 5.22. The summed E-state index contributed by atoms with van der Waals surface area (Å²) in [5.74, 6) is 2.41. The second-order valence-corrected chi connectivity index (χ2v) is 5.15. The maximum Gasteiger partial charge on any atom is 0.128 e. The van der Waals surface area contributed by atoms with Crippen molar-refractivity contribution in [3.05, 3.63) is 35.4 Å². The van der Waals surface area contributed by atoms with Gasteiger partial charge in [0, 0.05) is 17.6 Å². The van der Waals surface area contributed by atoms with E-state index in [0.29, 0.717) is 10.9 Å². The van der Waals surface area contributed by atoms with Crippen molar-refractivity contribution in [3.8, 4) is 5.75 Å². The lowest BCUT2D eigenvalue weighted by molar-refractivity contribution is 0.414. The molecule has 0 saturated carbocycles. The fourth-order valence-electron chi connectivity index (χ4n) is 1.47. The van der Waals surface area contributed by atoms with E-state index in [0.717, 1.165) is 22.2 Å². The zero-order valence-electron chi connectivity index (χ0n) is 10.2. The molecule has 0 unspecified atom stereocenters. The average Bonchev–Trinajstić information content (AvgIpc) is 2.69. The molecule has 1 heterocycles. The fourth-order valence-corrected chi connectivity index (χ4v) is 2.60. The van der Waals surface area contributed by atoms with Gasteiger partial charge >= 0.3 is 0 Å². The SMILES string of the molecule is COc1ccc(N)c(SCc2ncc(Cl)n2C)c1. The number of rotatable bonds is 4. The lowest BCUT2D eigenvalue weighted by atomic mass is 10.3. The van der Waals surface area contributed by atoms with Gasteiger partial charge in [0.2, 0.25) is 0 Å². The smallest absolute Gasteiger partial charge is 0.128 e. The number of benzene rings is 1. The number of ether oxygens (including phenoxy) is 1. The molecule has 18 heavy (non-hydrogen) atoms. The Morgan fingerprint density at radius 1 is 1.50 bits per heavy atom. The molecule has 1 aromatic heterocycles. The lowest BCUT2D eigenvalue weighted by Crippen LogP contribution is -1.97. The third kappa shape index (κ3) is 2.73. The van der Waals surface area contributed by atoms with Crippen LogP contribution in [0, 0.1) is 0 Å². The predicted molar refractivity (Wildman–Crippen MR) is 75.2 cm³/mol. The monoisotopic (exact) mass is 283 g/mol. The van der Waals surface area contributed by atoms with Gasteiger partial charge in [0.05, 0.1) is 19.1 Å². The Hall–Kier alpha value is -1.33. The molecule has 0 amide bonds. The highest BCUT2D eigenvalue weighted by atomic mass is 35.5. The van der Waals surface area contributed by atoms with Crippen LogP contribution in [0.3, 0.4) is 0 Å². The van der Waals surface area contributed by atoms with E-state index < -0.39 is 0 Å². The van der Waals surface area contributed by atoms with Gasteiger partial charge in [-0.05, 0) is 18.2 Å². The van der Waals surface area contributed by atoms with E-state index in [9.17, 15) is 0 Å². The molecule has 0 aliphatic rings. The number of nitrogen functional groups attached to an aromatic ring is 1. The largest absolute Gasteiger partial charge is 0.497 e. The first kappa shape index (κ1) is 13.1. The molecule has 6 heteroatoms. The van der Waals surface area contributed by atoms with Gasteiger partial charge in [-0.1, -0.05) is 11.6 Å². The highest BCUT2D eigenvalue weighted by Crippen LogP contribution is 2.31. The van der Waals surface area contributed by atoms with E-state index in [1.165, 1.54) is 0 Å². The van der Waals surface area contributed by atoms with Gasteiger partial charge in [-0.2, -0.15) is 0 Å². The van der Waals surface area contributed by atoms with Crippen LogP contribution in [0.4, 0.5) is 5.69 Å². The number of nitrogens with zero attached hydrogens (tertiary/aromatic N) is 2. The second kappa shape index (κ2) is 5.54. The zero-order valence-corrected chi connectivity index (χ0v) is 11.8. The Kier molecular flexibility index (Phi) is 4.04. The summed E-state index contributed by atoms with van der Waals surface area (Å²) in [7, 11) is 3.53. The maximum absolute atomic E-state index is 5.94. The van der Waals surface area contributed by atoms with E-state index in [1.54, 1.807) is 25.1 Å². The third-order valence-corrected chi connectivity index (χ3v) is 4.02. The van der Waals surface area contributed by atoms with Gasteiger partial charge in [-0.25, -0.2) is 4.98 Å². The first-order valence-corrected chi connectivity index (χ1v) is 6.70. The molecule has 0 aliphatic heterocycles. The number of methoxy groups -OCH3 is 1. The van der Waals surface area contributed by atoms with Crippen LogP contribution in [0.5, 0.6) is 5.75 Å². The Balaban J connectivity index is 2.12. The number of hydrogen-bond donors (Lipinski definition) is 1. The number of aromatic nitrogens is 2. The van der Waals surface area contributed by atoms with E-state index >= 15 is 0 Å². The van der Waals surface area contributed by atoms with Gasteiger partial charge in [0.15, 0.2) is 0 Å². The normalized spacial score (nSPS) is 10.6. The molecule has 1 aromatic carbocycles. The molecule has 0 saturated heterocycles. The summed E-state index contributed by atoms with van der Waals surface area (Å²) in [5, 5.41) is 0.629. The summed E-state index contributed by atoms with van der Waals surface area (Å²) in [5.41, 5.74) is 6.66. The summed E-state index contributed by atoms with van der Waals surface area (Å²) in [6.45, 7) is 0. The first-order chi connectivity index (χ1) is 8.61. The zero-order chi connectivity index (χ0) is 13.1. The van der Waals surface area contributed by atoms with Gasteiger partial charge in [-0.15, -0.1) is 11.8 Å². The van der Waals surface area contributed by atoms with Crippen LogP contribution in [0.1, 0.15) is 5.82 Å². The van der Waals surface area contributed by atoms with Crippen molar-refractivity contribution in [3.63, 3.8) is 0 Å². The number of anilines is 1. The molecule has 0 bridgehead atoms. The molecular weight excluding hydrogens is 270 g/mol. The summed E-state index contributed by atoms with van der Waals surface area (Å²) in [6.07, 6.45) is 1.65. The number of nitrogens with two attached hydrogens (primary N) is 1. The van der Waals surface area contributed by atoms with Gasteiger partial charge in [0.1, 0.15) is 16.7 Å². The molecule has 0 atom stereocenters. The van der Waals surface area contributed by atoms with Crippen LogP contribution in [0.15, 0.2) is 29.3 Å². The molecule has 2 aromatic rings. The van der Waals surface area contributed by atoms with Crippen LogP contribution < -0.4 is 10.5 Å². The van der Waals surface area contributed by atoms with Crippen LogP contribution in [-0.2, 0) is 12.8 Å². The molecule has 0 aliphatic carbocycles. The summed E-state index contributed by atoms with van der Waals surface area (Å²) < 4.78 is 7.03. The third-order valence-electron chi connectivity index (χ3n) is 2.61. The number of imidazole rings is 1. The standard InChI is InChI=1S/C12H14ClN3OS/c1-16-11(13)6-15-12(16)7-18-10-5-8(17-2)3-4-9(10)14/h3-6H,7,14H2,1-2H3. The molecule has 0 fully saturated rings. The molecule has 2 rings (SSSR count). The van der Waals surface area contributed by atoms with E-state index in [1.807, 2.05) is 29.8 Å². The van der Waals surface area contributed by atoms with Crippen molar-refractivity contribution in [1.29, 1.82) is 0 Å². The molecule has 0 radical (unpaired) electrons. The van der Waals surface area contributed by atoms with Gasteiger partial charge in [-0.3, -0.25) is 0 Å². The van der Waals surface area contributed by atoms with Crippen LogP contribution >= 0.6 is 23.4 Å². The summed E-state index contributed by atoms with van der Waals surface area (Å²) >= 11 is 7.55. The second-order valence-electron chi connectivity index (χ2n) is 3.75. The Labute approximate surface area is 115 Å². The van der Waals surface area contributed by atoms with Crippen molar-refractivity contribution in [2.24, 2.45) is 7.05 Å². The van der Waals surface area contributed by atoms with Crippen molar-refractivity contribution >= 4 is 29.1 Å². The minimum absolute atomic E-state index is 0.629. The number of hydrogen-bond acceptors (Lipinski definition) is 4. The van der Waals surface area contributed by atoms with E-state index in [4.69, 9.17) is 22.1 Å². The Morgan fingerprint density at radius 2 is 2.28 bits per heavy atom. The quantitative estimate of drug-likeness (QED) is 0.692. The van der Waals surface area contributed by atoms with E-state index in [-0.39, 0.29) is 0 Å². The van der Waals surface area contributed by atoms with Crippen molar-refractivity contribution in [1.82, 2.24) is 9.55 Å². The fraction of sp³-hybridized carbons (Fsp3) is 0.250. The highest BCUT2D eigenvalue weighted by Gasteiger charge is 2.07. The Morgan fingerprint density at radius 3 is 2.89 bits per heavy atom. The topological polar surface area (TPSA) is 53.1 Å². The number of thioether (sulfide) groups is 1. The molecule has 0 spiro atoms. The molecular formula is C12H14ClN3OS. The van der Waals surface area contributed by atoms with Gasteiger partial charge in [0.25, 0.3) is 0 Å². The molecule has 4 nitrogen and oxygen atoms in total. The first-order valence-electron chi connectivity index (χ1n) is 5.34. The minimum Gasteiger partial charge on any atom is -0.497 e. The minimum atomic E-state index is 0.629. The van der Waals surface area contributed by atoms with Gasteiger partial charge < -0.3 is 15.0 Å². The van der Waals surface area contributed by atoms with Crippen LogP contribution in [0.25, 0.3) is 0 Å². The van der Waals surface area contributed by atoms with Crippen molar-refractivity contribution < 1.29 is 4.74 Å². The average molecular weight is 284 g/mol. The molecule has 2 N–H and O–H groups in total. The number of halogens is 1. The molecule has 96 valence electrons. The maximum atomic E-state index is 5.94. The van der Waals surface area contributed by atoms with Crippen molar-refractivity contribution in [2.45, 2.75) is 10.6 Å². The van der Waals surface area contributed by atoms with Crippen LogP contribution in [-0.4, -0.2) is 16.7 Å². The predicted octanol–water partition coefficient (Wildman–Crippen LogP) is 2.96.